The molecular weight excluding hydrogens is 281 g/mol. The average Bonchev–Trinajstić information content (AvgIpc) is 2.27. The van der Waals surface area contributed by atoms with Gasteiger partial charge in [-0.1, -0.05) is 23.2 Å². The molecule has 1 rings (SSSR count). The summed E-state index contributed by atoms with van der Waals surface area (Å²) in [6.45, 7) is 0.946. The molecule has 0 bridgehead atoms. The van der Waals surface area contributed by atoms with Crippen molar-refractivity contribution in [2.24, 2.45) is 0 Å². The van der Waals surface area contributed by atoms with Gasteiger partial charge in [-0.05, 0) is 25.1 Å². The number of halogens is 2. The first kappa shape index (κ1) is 14.6. The summed E-state index contributed by atoms with van der Waals surface area (Å²) in [4.78, 5) is 21.7. The van der Waals surface area contributed by atoms with Crippen LogP contribution in [0.2, 0.25) is 10.0 Å². The molecule has 1 aromatic rings. The van der Waals surface area contributed by atoms with Crippen LogP contribution >= 0.6 is 23.2 Å². The number of carbonyl (C=O) groups excluding carboxylic acids is 2. The van der Waals surface area contributed by atoms with E-state index in [2.05, 4.69) is 5.32 Å². The van der Waals surface area contributed by atoms with Crippen molar-refractivity contribution in [3.63, 3.8) is 0 Å². The van der Waals surface area contributed by atoms with Gasteiger partial charge in [0.25, 0.3) is 5.91 Å². The molecule has 5 nitrogen and oxygen atoms in total. The van der Waals surface area contributed by atoms with Gasteiger partial charge in [-0.15, -0.1) is 0 Å². The zero-order valence-corrected chi connectivity index (χ0v) is 10.9. The molecule has 0 aliphatic carbocycles. The summed E-state index contributed by atoms with van der Waals surface area (Å²) in [6, 6.07) is 3.46. The van der Waals surface area contributed by atoms with E-state index in [1.54, 1.807) is 6.07 Å². The largest absolute Gasteiger partial charge is 0.548 e. The van der Waals surface area contributed by atoms with Crippen molar-refractivity contribution in [3.8, 4) is 5.75 Å². The van der Waals surface area contributed by atoms with Crippen LogP contribution in [0.4, 0.5) is 0 Å². The zero-order chi connectivity index (χ0) is 13.7. The molecule has 0 heterocycles. The lowest BCUT2D eigenvalue weighted by atomic mass is 10.3. The van der Waals surface area contributed by atoms with Crippen molar-refractivity contribution in [2.45, 2.75) is 13.0 Å². The molecule has 7 heteroatoms. The van der Waals surface area contributed by atoms with Crippen LogP contribution in [0, 0.1) is 0 Å². The molecular formula is C11H10Cl2NO4-. The second-order valence-electron chi connectivity index (χ2n) is 3.47. The second-order valence-corrected chi connectivity index (χ2v) is 4.32. The molecule has 0 spiro atoms. The van der Waals surface area contributed by atoms with Gasteiger partial charge in [0.2, 0.25) is 0 Å². The van der Waals surface area contributed by atoms with Gasteiger partial charge in [0.1, 0.15) is 5.75 Å². The number of amides is 1. The molecule has 1 amide bonds. The SMILES string of the molecule is CC(NC(=O)COc1ccc(Cl)cc1Cl)C(=O)[O-]. The van der Waals surface area contributed by atoms with E-state index in [4.69, 9.17) is 27.9 Å². The lowest BCUT2D eigenvalue weighted by Crippen LogP contribution is -2.47. The van der Waals surface area contributed by atoms with E-state index < -0.39 is 17.9 Å². The van der Waals surface area contributed by atoms with Crippen LogP contribution in [-0.4, -0.2) is 24.5 Å². The number of benzene rings is 1. The molecule has 1 N–H and O–H groups in total. The third-order valence-corrected chi connectivity index (χ3v) is 2.51. The molecule has 1 atom stereocenters. The van der Waals surface area contributed by atoms with E-state index in [0.717, 1.165) is 0 Å². The van der Waals surface area contributed by atoms with Crippen molar-refractivity contribution in [2.75, 3.05) is 6.61 Å². The lowest BCUT2D eigenvalue weighted by Gasteiger charge is -2.15. The molecule has 0 saturated carbocycles. The van der Waals surface area contributed by atoms with E-state index in [-0.39, 0.29) is 17.4 Å². The Morgan fingerprint density at radius 2 is 2.11 bits per heavy atom. The van der Waals surface area contributed by atoms with Crippen molar-refractivity contribution in [3.05, 3.63) is 28.2 Å². The van der Waals surface area contributed by atoms with Gasteiger partial charge in [0.05, 0.1) is 17.0 Å². The first-order chi connectivity index (χ1) is 8.40. The summed E-state index contributed by atoms with van der Waals surface area (Å²) in [5.41, 5.74) is 0. The third-order valence-electron chi connectivity index (χ3n) is 1.98. The van der Waals surface area contributed by atoms with Crippen molar-refractivity contribution < 1.29 is 19.4 Å². The predicted octanol–water partition coefficient (Wildman–Crippen LogP) is 0.627. The maximum atomic E-state index is 11.3. The normalized spacial score (nSPS) is 11.7. The minimum absolute atomic E-state index is 0.267. The Morgan fingerprint density at radius 3 is 2.67 bits per heavy atom. The molecule has 1 aromatic carbocycles. The number of ether oxygens (including phenoxy) is 1. The monoisotopic (exact) mass is 290 g/mol. The molecule has 1 unspecified atom stereocenters. The zero-order valence-electron chi connectivity index (χ0n) is 9.41. The molecule has 0 aliphatic heterocycles. The third kappa shape index (κ3) is 4.43. The highest BCUT2D eigenvalue weighted by atomic mass is 35.5. The fraction of sp³-hybridized carbons (Fsp3) is 0.273. The second kappa shape index (κ2) is 6.47. The summed E-state index contributed by atoms with van der Waals surface area (Å²) >= 11 is 11.5. The number of carboxylic acids is 1. The van der Waals surface area contributed by atoms with Crippen LogP contribution in [0.1, 0.15) is 6.92 Å². The summed E-state index contributed by atoms with van der Waals surface area (Å²) in [5, 5.41) is 13.3. The maximum absolute atomic E-state index is 11.3. The summed E-state index contributed by atoms with van der Waals surface area (Å²) in [5.74, 6) is -1.66. The molecule has 0 aromatic heterocycles. The summed E-state index contributed by atoms with van der Waals surface area (Å²) in [6.07, 6.45) is 0. The molecule has 0 fully saturated rings. The van der Waals surface area contributed by atoms with Gasteiger partial charge in [0, 0.05) is 5.02 Å². The first-order valence-corrected chi connectivity index (χ1v) is 5.74. The van der Waals surface area contributed by atoms with Crippen LogP contribution < -0.4 is 15.2 Å². The molecule has 0 radical (unpaired) electrons. The number of hydrogen-bond acceptors (Lipinski definition) is 4. The number of aliphatic carboxylic acids is 1. The lowest BCUT2D eigenvalue weighted by molar-refractivity contribution is -0.307. The van der Waals surface area contributed by atoms with Gasteiger partial charge in [-0.3, -0.25) is 4.79 Å². The Bertz CT molecular complexity index is 464. The molecule has 0 saturated heterocycles. The smallest absolute Gasteiger partial charge is 0.258 e. The van der Waals surface area contributed by atoms with E-state index in [0.29, 0.717) is 5.02 Å². The molecule has 0 aliphatic rings. The number of nitrogens with one attached hydrogen (secondary N) is 1. The van der Waals surface area contributed by atoms with E-state index >= 15 is 0 Å². The Kier molecular flexibility index (Phi) is 5.25. The standard InChI is InChI=1S/C11H11Cl2NO4/c1-6(11(16)17)14-10(15)5-18-9-3-2-7(12)4-8(9)13/h2-4,6H,5H2,1H3,(H,14,15)(H,16,17)/p-1. The fourth-order valence-electron chi connectivity index (χ4n) is 1.08. The van der Waals surface area contributed by atoms with Crippen molar-refractivity contribution in [1.29, 1.82) is 0 Å². The van der Waals surface area contributed by atoms with Gasteiger partial charge in [0.15, 0.2) is 6.61 Å². The van der Waals surface area contributed by atoms with Crippen LogP contribution in [-0.2, 0) is 9.59 Å². The fourth-order valence-corrected chi connectivity index (χ4v) is 1.54. The van der Waals surface area contributed by atoms with Crippen LogP contribution in [0.3, 0.4) is 0 Å². The average molecular weight is 291 g/mol. The highest BCUT2D eigenvalue weighted by molar-refractivity contribution is 6.35. The number of carbonyl (C=O) groups is 2. The van der Waals surface area contributed by atoms with E-state index in [9.17, 15) is 14.7 Å². The van der Waals surface area contributed by atoms with Gasteiger partial charge in [-0.25, -0.2) is 0 Å². The van der Waals surface area contributed by atoms with Crippen LogP contribution in [0.15, 0.2) is 18.2 Å². The molecule has 18 heavy (non-hydrogen) atoms. The highest BCUT2D eigenvalue weighted by Crippen LogP contribution is 2.27. The van der Waals surface area contributed by atoms with Gasteiger partial charge in [-0.2, -0.15) is 0 Å². The minimum Gasteiger partial charge on any atom is -0.548 e. The predicted molar refractivity (Wildman–Crippen MR) is 64.6 cm³/mol. The van der Waals surface area contributed by atoms with Crippen LogP contribution in [0.25, 0.3) is 0 Å². The Hall–Kier alpha value is -1.46. The van der Waals surface area contributed by atoms with E-state index in [1.165, 1.54) is 19.1 Å². The maximum Gasteiger partial charge on any atom is 0.258 e. The first-order valence-electron chi connectivity index (χ1n) is 4.98. The molecule has 98 valence electrons. The Morgan fingerprint density at radius 1 is 1.44 bits per heavy atom. The summed E-state index contributed by atoms with van der Waals surface area (Å²) in [7, 11) is 0. The Labute approximate surface area is 114 Å². The highest BCUT2D eigenvalue weighted by Gasteiger charge is 2.10. The van der Waals surface area contributed by atoms with Crippen LogP contribution in [0.5, 0.6) is 5.75 Å². The van der Waals surface area contributed by atoms with Crippen molar-refractivity contribution >= 4 is 35.1 Å². The number of carboxylic acid groups (broad SMARTS) is 1. The topological polar surface area (TPSA) is 78.5 Å². The Balaban J connectivity index is 2.50. The minimum atomic E-state index is -1.37. The number of hydrogen-bond donors (Lipinski definition) is 1. The van der Waals surface area contributed by atoms with Gasteiger partial charge < -0.3 is 20.0 Å². The summed E-state index contributed by atoms with van der Waals surface area (Å²) < 4.78 is 5.12. The van der Waals surface area contributed by atoms with Gasteiger partial charge >= 0.3 is 0 Å². The quantitative estimate of drug-likeness (QED) is 0.863. The van der Waals surface area contributed by atoms with Crippen molar-refractivity contribution in [1.82, 2.24) is 5.32 Å². The number of rotatable bonds is 5. The van der Waals surface area contributed by atoms with E-state index in [1.807, 2.05) is 0 Å².